The molecular formula is C15H26N2O11S5. The first-order valence-electron chi connectivity index (χ1n) is 9.28. The third kappa shape index (κ3) is 8.71. The number of hydrogen-bond acceptors (Lipinski definition) is 10. The van der Waals surface area contributed by atoms with Crippen molar-refractivity contribution in [1.29, 1.82) is 0 Å². The summed E-state index contributed by atoms with van der Waals surface area (Å²) in [5.74, 6) is 0. The van der Waals surface area contributed by atoms with Gasteiger partial charge in [-0.1, -0.05) is 31.9 Å². The van der Waals surface area contributed by atoms with Crippen LogP contribution in [0.2, 0.25) is 0 Å². The summed E-state index contributed by atoms with van der Waals surface area (Å²) in [4.78, 5) is -1.48. The maximum absolute atomic E-state index is 12.1. The van der Waals surface area contributed by atoms with Gasteiger partial charge >= 0.3 is 0 Å². The number of sulfonamides is 1. The fourth-order valence-corrected chi connectivity index (χ4v) is 9.23. The molecule has 0 fully saturated rings. The highest BCUT2D eigenvalue weighted by Crippen LogP contribution is 2.28. The predicted octanol–water partition coefficient (Wildman–Crippen LogP) is 0.0624. The first-order chi connectivity index (χ1) is 14.8. The van der Waals surface area contributed by atoms with Crippen LogP contribution < -0.4 is 9.86 Å². The number of hydrogen-bond donors (Lipinski definition) is 5. The van der Waals surface area contributed by atoms with Gasteiger partial charge in [0.1, 0.15) is 10.5 Å². The van der Waals surface area contributed by atoms with Crippen LogP contribution in [0.3, 0.4) is 0 Å². The van der Waals surface area contributed by atoms with Gasteiger partial charge in [0, 0.05) is 11.8 Å². The Hall–Kier alpha value is -0.830. The molecule has 18 heteroatoms. The van der Waals surface area contributed by atoms with Gasteiger partial charge in [0.2, 0.25) is 10.0 Å². The van der Waals surface area contributed by atoms with E-state index in [1.807, 2.05) is 0 Å². The summed E-state index contributed by atoms with van der Waals surface area (Å²) in [5, 5.41) is 1.03. The smallest absolute Gasteiger partial charge is 0.285 e. The van der Waals surface area contributed by atoms with Gasteiger partial charge in [-0.05, 0) is 37.0 Å². The molecule has 0 saturated heterocycles. The van der Waals surface area contributed by atoms with Crippen LogP contribution in [0.15, 0.2) is 28.0 Å². The van der Waals surface area contributed by atoms with E-state index in [-0.39, 0.29) is 31.4 Å². The highest BCUT2D eigenvalue weighted by atomic mass is 32.2. The second-order valence-electron chi connectivity index (χ2n) is 6.94. The first-order valence-corrected chi connectivity index (χ1v) is 16.2. The summed E-state index contributed by atoms with van der Waals surface area (Å²) in [6.45, 7) is 2.95. The molecule has 13 nitrogen and oxygen atoms in total. The van der Waals surface area contributed by atoms with E-state index in [1.54, 1.807) is 6.92 Å². The minimum atomic E-state index is -4.84. The molecule has 0 aromatic heterocycles. The van der Waals surface area contributed by atoms with Gasteiger partial charge < -0.3 is 0 Å². The summed E-state index contributed by atoms with van der Waals surface area (Å²) in [7, 11) is -18.7. The van der Waals surface area contributed by atoms with Crippen molar-refractivity contribution in [3.05, 3.63) is 23.8 Å². The highest BCUT2D eigenvalue weighted by molar-refractivity contribution is 8.00. The van der Waals surface area contributed by atoms with Crippen molar-refractivity contribution in [1.82, 2.24) is 4.72 Å². The number of nitrogens with two attached hydrogens (primary N) is 1. The lowest BCUT2D eigenvalue weighted by Gasteiger charge is -2.28. The summed E-state index contributed by atoms with van der Waals surface area (Å²) in [6, 6.07) is 2.61. The molecule has 0 aliphatic carbocycles. The summed E-state index contributed by atoms with van der Waals surface area (Å²) >= 11 is 0.824. The Morgan fingerprint density at radius 1 is 0.939 bits per heavy atom. The normalized spacial score (nSPS) is 16.3. The van der Waals surface area contributed by atoms with Crippen LogP contribution in [0.5, 0.6) is 0 Å². The molecule has 33 heavy (non-hydrogen) atoms. The van der Waals surface area contributed by atoms with Crippen LogP contribution in [-0.2, 0) is 46.8 Å². The maximum atomic E-state index is 12.1. The van der Waals surface area contributed by atoms with Crippen LogP contribution in [0.25, 0.3) is 0 Å². The Bertz CT molecular complexity index is 1260. The van der Waals surface area contributed by atoms with Gasteiger partial charge in [0.05, 0.1) is 9.79 Å². The van der Waals surface area contributed by atoms with E-state index in [2.05, 4.69) is 4.72 Å². The number of benzene rings is 1. The molecule has 0 heterocycles. The summed E-state index contributed by atoms with van der Waals surface area (Å²) in [6.07, 6.45) is -0.154. The van der Waals surface area contributed by atoms with Crippen LogP contribution in [0.1, 0.15) is 32.3 Å². The lowest BCUT2D eigenvalue weighted by molar-refractivity contribution is 0.453. The van der Waals surface area contributed by atoms with Crippen LogP contribution in [0.4, 0.5) is 0 Å². The molecule has 3 atom stereocenters. The molecule has 0 bridgehead atoms. The molecule has 1 aromatic rings. The molecule has 0 spiro atoms. The van der Waals surface area contributed by atoms with Gasteiger partial charge in [-0.25, -0.2) is 13.6 Å². The Morgan fingerprint density at radius 2 is 1.52 bits per heavy atom. The molecule has 0 aliphatic rings. The molecule has 1 aromatic carbocycles. The Morgan fingerprint density at radius 3 is 1.91 bits per heavy atom. The van der Waals surface area contributed by atoms with Gasteiger partial charge in [0.15, 0.2) is 0 Å². The molecular weight excluding hydrogens is 545 g/mol. The van der Waals surface area contributed by atoms with E-state index in [0.717, 1.165) is 24.1 Å². The Balaban J connectivity index is 3.08. The maximum Gasteiger partial charge on any atom is 0.294 e. The number of nitrogens with one attached hydrogen (secondary N) is 1. The largest absolute Gasteiger partial charge is 0.294 e. The average Bonchev–Trinajstić information content (AvgIpc) is 2.63. The van der Waals surface area contributed by atoms with E-state index in [9.17, 15) is 42.8 Å². The van der Waals surface area contributed by atoms with Crippen molar-refractivity contribution in [3.63, 3.8) is 0 Å². The molecule has 0 amide bonds. The standard InChI is InChI=1S/C15H26N2O11S5/c1-3-12(15(30(16,18)19)13(4-2)32(23,24)25)29-17-8-7-10-5-6-11(31(20,21)22)9-14(10)33(26,27)28/h5-6,9,12-13,15,17H,3-4,7-8H2,1-2H3,(H2,16,18,19)(H,20,21,22)(H,23,24,25)(H,26,27,28). The average molecular weight is 571 g/mol. The van der Waals surface area contributed by atoms with Crippen LogP contribution in [0, 0.1) is 0 Å². The Labute approximate surface area is 198 Å². The number of rotatable bonds is 13. The zero-order valence-electron chi connectivity index (χ0n) is 17.5. The van der Waals surface area contributed by atoms with E-state index < -0.39 is 65.9 Å². The quantitative estimate of drug-likeness (QED) is 0.120. The Kier molecular flexibility index (Phi) is 10.3. The van der Waals surface area contributed by atoms with Crippen molar-refractivity contribution in [2.45, 2.75) is 58.7 Å². The zero-order chi connectivity index (χ0) is 25.8. The third-order valence-electron chi connectivity index (χ3n) is 4.65. The van der Waals surface area contributed by atoms with E-state index in [4.69, 9.17) is 9.69 Å². The fraction of sp³-hybridized carbons (Fsp3) is 0.600. The van der Waals surface area contributed by atoms with E-state index in [1.165, 1.54) is 6.92 Å². The second kappa shape index (κ2) is 11.3. The molecule has 6 N–H and O–H groups in total. The van der Waals surface area contributed by atoms with E-state index in [0.29, 0.717) is 6.07 Å². The third-order valence-corrected chi connectivity index (χ3v) is 10.9. The van der Waals surface area contributed by atoms with Crippen molar-refractivity contribution in [3.8, 4) is 0 Å². The predicted molar refractivity (Wildman–Crippen MR) is 122 cm³/mol. The van der Waals surface area contributed by atoms with Crippen molar-refractivity contribution < 1.29 is 47.3 Å². The zero-order valence-corrected chi connectivity index (χ0v) is 21.6. The monoisotopic (exact) mass is 570 g/mol. The lowest BCUT2D eigenvalue weighted by Crippen LogP contribution is -2.49. The minimum Gasteiger partial charge on any atom is -0.285 e. The van der Waals surface area contributed by atoms with Crippen LogP contribution >= 0.6 is 11.9 Å². The van der Waals surface area contributed by atoms with Gasteiger partial charge in [-0.2, -0.15) is 25.3 Å². The van der Waals surface area contributed by atoms with Crippen molar-refractivity contribution in [2.75, 3.05) is 6.54 Å². The fourth-order valence-electron chi connectivity index (χ4n) is 3.15. The molecule has 0 aliphatic heterocycles. The molecule has 0 radical (unpaired) electrons. The molecule has 3 unspecified atom stereocenters. The summed E-state index contributed by atoms with van der Waals surface area (Å²) in [5.41, 5.74) is -0.00147. The van der Waals surface area contributed by atoms with Crippen molar-refractivity contribution >= 4 is 52.3 Å². The first kappa shape index (κ1) is 30.2. The van der Waals surface area contributed by atoms with Gasteiger partial charge in [-0.3, -0.25) is 18.4 Å². The topological polar surface area (TPSA) is 235 Å². The molecule has 0 saturated carbocycles. The molecule has 1 rings (SSSR count). The van der Waals surface area contributed by atoms with E-state index >= 15 is 0 Å². The SMILES string of the molecule is CCC(SNCCc1ccc(S(=O)(=O)O)cc1S(=O)(=O)O)C(C(CC)S(=O)(=O)O)S(N)(=O)=O. The van der Waals surface area contributed by atoms with Crippen molar-refractivity contribution in [2.24, 2.45) is 5.14 Å². The highest BCUT2D eigenvalue weighted by Gasteiger charge is 2.43. The summed E-state index contributed by atoms with van der Waals surface area (Å²) < 4.78 is 124. The second-order valence-corrected chi connectivity index (χ2v) is 14.2. The lowest BCUT2D eigenvalue weighted by atomic mass is 10.1. The molecule has 192 valence electrons. The minimum absolute atomic E-state index is 0.00147. The van der Waals surface area contributed by atoms with Gasteiger partial charge in [0.25, 0.3) is 30.4 Å². The van der Waals surface area contributed by atoms with Gasteiger partial charge in [-0.15, -0.1) is 0 Å². The number of primary sulfonamides is 1. The van der Waals surface area contributed by atoms with Crippen LogP contribution in [-0.4, -0.2) is 69.6 Å².